The number of nitrogens with one attached hydrogen (secondary N) is 2. The molecule has 0 spiro atoms. The molecule has 0 radical (unpaired) electrons. The Morgan fingerprint density at radius 2 is 1.83 bits per heavy atom. The van der Waals surface area contributed by atoms with Crippen LogP contribution in [0.15, 0.2) is 48.5 Å². The minimum Gasteiger partial charge on any atom is -0.370 e. The van der Waals surface area contributed by atoms with Crippen LogP contribution >= 0.6 is 0 Å². The Hall–Kier alpha value is -2.89. The third-order valence-electron chi connectivity index (χ3n) is 4.78. The predicted octanol–water partition coefficient (Wildman–Crippen LogP) is 3.53. The fraction of sp³-hybridized carbons (Fsp3) is 0.391. The Kier molecular flexibility index (Phi) is 8.19. The van der Waals surface area contributed by atoms with Gasteiger partial charge in [0.05, 0.1) is 5.56 Å². The minimum atomic E-state index is -0.740. The van der Waals surface area contributed by atoms with Gasteiger partial charge >= 0.3 is 0 Å². The summed E-state index contributed by atoms with van der Waals surface area (Å²) in [5.74, 6) is -1.61. The van der Waals surface area contributed by atoms with Gasteiger partial charge in [-0.15, -0.1) is 0 Å². The molecule has 2 amide bonds. The number of amides is 2. The minimum absolute atomic E-state index is 0.0671. The molecule has 0 heterocycles. The number of benzene rings is 2. The summed E-state index contributed by atoms with van der Waals surface area (Å²) in [6.07, 6.45) is 0. The molecule has 156 valence electrons. The fourth-order valence-electron chi connectivity index (χ4n) is 3.12. The van der Waals surface area contributed by atoms with Gasteiger partial charge in [0.1, 0.15) is 11.9 Å². The van der Waals surface area contributed by atoms with Crippen LogP contribution in [0.25, 0.3) is 0 Å². The van der Waals surface area contributed by atoms with Gasteiger partial charge in [-0.2, -0.15) is 0 Å². The summed E-state index contributed by atoms with van der Waals surface area (Å²) in [6.45, 7) is 9.71. The van der Waals surface area contributed by atoms with Crippen LogP contribution in [-0.4, -0.2) is 37.5 Å². The van der Waals surface area contributed by atoms with E-state index in [9.17, 15) is 14.0 Å². The van der Waals surface area contributed by atoms with E-state index in [4.69, 9.17) is 0 Å². The maximum Gasteiger partial charge on any atom is 0.254 e. The van der Waals surface area contributed by atoms with Gasteiger partial charge in [-0.25, -0.2) is 4.39 Å². The van der Waals surface area contributed by atoms with Crippen molar-refractivity contribution < 1.29 is 14.0 Å². The van der Waals surface area contributed by atoms with E-state index < -0.39 is 17.8 Å². The van der Waals surface area contributed by atoms with E-state index in [-0.39, 0.29) is 17.4 Å². The van der Waals surface area contributed by atoms with Crippen LogP contribution in [0, 0.1) is 18.7 Å². The van der Waals surface area contributed by atoms with Crippen molar-refractivity contribution in [2.45, 2.75) is 33.7 Å². The second kappa shape index (κ2) is 10.6. The van der Waals surface area contributed by atoms with Gasteiger partial charge in [0.25, 0.3) is 5.91 Å². The van der Waals surface area contributed by atoms with E-state index in [0.29, 0.717) is 13.1 Å². The lowest BCUT2D eigenvalue weighted by atomic mass is 10.0. The molecule has 2 aromatic rings. The third-order valence-corrected chi connectivity index (χ3v) is 4.78. The van der Waals surface area contributed by atoms with Gasteiger partial charge in [-0.1, -0.05) is 38.1 Å². The number of nitrogens with zero attached hydrogens (tertiary/aromatic N) is 1. The van der Waals surface area contributed by atoms with E-state index in [1.807, 2.05) is 39.0 Å². The van der Waals surface area contributed by atoms with Crippen molar-refractivity contribution in [1.82, 2.24) is 10.6 Å². The standard InChI is InChI=1S/C23H30FN3O2/c1-5-27(18-10-8-9-17(4)15-18)14-13-25-23(29)21(16(2)3)26-22(28)19-11-6-7-12-20(19)24/h6-12,15-16,21H,5,13-14H2,1-4H3,(H,25,29)(H,26,28)/t21-/m0/s1. The molecule has 0 aliphatic heterocycles. The summed E-state index contributed by atoms with van der Waals surface area (Å²) >= 11 is 0. The van der Waals surface area contributed by atoms with Crippen molar-refractivity contribution >= 4 is 17.5 Å². The normalized spacial score (nSPS) is 11.8. The van der Waals surface area contributed by atoms with Gasteiger partial charge < -0.3 is 15.5 Å². The highest BCUT2D eigenvalue weighted by Gasteiger charge is 2.25. The number of carbonyl (C=O) groups excluding carboxylic acids is 2. The van der Waals surface area contributed by atoms with Gasteiger partial charge in [0.15, 0.2) is 0 Å². The molecule has 0 aliphatic rings. The second-order valence-corrected chi connectivity index (χ2v) is 7.38. The summed E-state index contributed by atoms with van der Waals surface area (Å²) in [7, 11) is 0. The molecule has 0 unspecified atom stereocenters. The zero-order valence-electron chi connectivity index (χ0n) is 17.5. The van der Waals surface area contributed by atoms with E-state index in [1.165, 1.54) is 23.8 Å². The molecule has 2 N–H and O–H groups in total. The smallest absolute Gasteiger partial charge is 0.254 e. The van der Waals surface area contributed by atoms with Crippen LogP contribution in [0.3, 0.4) is 0 Å². The number of hydrogen-bond acceptors (Lipinski definition) is 3. The molecule has 0 aliphatic carbocycles. The largest absolute Gasteiger partial charge is 0.370 e. The number of rotatable bonds is 9. The number of likely N-dealkylation sites (N-methyl/N-ethyl adjacent to an activating group) is 1. The summed E-state index contributed by atoms with van der Waals surface area (Å²) < 4.78 is 13.8. The quantitative estimate of drug-likeness (QED) is 0.678. The zero-order valence-corrected chi connectivity index (χ0v) is 17.5. The highest BCUT2D eigenvalue weighted by molar-refractivity contribution is 5.97. The van der Waals surface area contributed by atoms with Crippen molar-refractivity contribution in [3.63, 3.8) is 0 Å². The van der Waals surface area contributed by atoms with Crippen LogP contribution < -0.4 is 15.5 Å². The molecule has 2 aromatic carbocycles. The zero-order chi connectivity index (χ0) is 21.4. The average molecular weight is 400 g/mol. The topological polar surface area (TPSA) is 61.4 Å². The number of anilines is 1. The first-order valence-electron chi connectivity index (χ1n) is 9.98. The molecule has 29 heavy (non-hydrogen) atoms. The monoisotopic (exact) mass is 399 g/mol. The number of carbonyl (C=O) groups is 2. The molecule has 0 fully saturated rings. The highest BCUT2D eigenvalue weighted by Crippen LogP contribution is 2.15. The molecular formula is C23H30FN3O2. The van der Waals surface area contributed by atoms with E-state index >= 15 is 0 Å². The first-order chi connectivity index (χ1) is 13.8. The van der Waals surface area contributed by atoms with Gasteiger partial charge in [-0.3, -0.25) is 9.59 Å². The molecule has 1 atom stereocenters. The lowest BCUT2D eigenvalue weighted by molar-refractivity contribution is -0.123. The summed E-state index contributed by atoms with van der Waals surface area (Å²) in [4.78, 5) is 27.2. The van der Waals surface area contributed by atoms with Crippen LogP contribution in [0.5, 0.6) is 0 Å². The third kappa shape index (κ3) is 6.31. The first kappa shape index (κ1) is 22.4. The first-order valence-corrected chi connectivity index (χ1v) is 9.98. The van der Waals surface area contributed by atoms with Crippen LogP contribution in [0.4, 0.5) is 10.1 Å². The fourth-order valence-corrected chi connectivity index (χ4v) is 3.12. The summed E-state index contributed by atoms with van der Waals surface area (Å²) in [5.41, 5.74) is 2.22. The highest BCUT2D eigenvalue weighted by atomic mass is 19.1. The molecular weight excluding hydrogens is 369 g/mol. The average Bonchev–Trinajstić information content (AvgIpc) is 2.69. The predicted molar refractivity (Wildman–Crippen MR) is 115 cm³/mol. The van der Waals surface area contributed by atoms with Crippen molar-refractivity contribution in [3.05, 3.63) is 65.5 Å². The van der Waals surface area contributed by atoms with Crippen molar-refractivity contribution in [1.29, 1.82) is 0 Å². The van der Waals surface area contributed by atoms with Crippen LogP contribution in [-0.2, 0) is 4.79 Å². The van der Waals surface area contributed by atoms with Gasteiger partial charge in [0, 0.05) is 25.3 Å². The molecule has 6 heteroatoms. The molecule has 0 aromatic heterocycles. The second-order valence-electron chi connectivity index (χ2n) is 7.38. The van der Waals surface area contributed by atoms with Gasteiger partial charge in [0.2, 0.25) is 5.91 Å². The van der Waals surface area contributed by atoms with Crippen molar-refractivity contribution in [2.24, 2.45) is 5.92 Å². The molecule has 2 rings (SSSR count). The Balaban J connectivity index is 1.95. The molecule has 0 saturated heterocycles. The number of hydrogen-bond donors (Lipinski definition) is 2. The van der Waals surface area contributed by atoms with Crippen LogP contribution in [0.2, 0.25) is 0 Å². The maximum atomic E-state index is 13.8. The number of halogens is 1. The Labute approximate surface area is 172 Å². The Morgan fingerprint density at radius 1 is 1.10 bits per heavy atom. The lowest BCUT2D eigenvalue weighted by Crippen LogP contribution is -2.51. The summed E-state index contributed by atoms with van der Waals surface area (Å²) in [5, 5.41) is 5.56. The lowest BCUT2D eigenvalue weighted by Gasteiger charge is -2.25. The SMILES string of the molecule is CCN(CCNC(=O)[C@@H](NC(=O)c1ccccc1F)C(C)C)c1cccc(C)c1. The maximum absolute atomic E-state index is 13.8. The number of aryl methyl sites for hydroxylation is 1. The van der Waals surface area contributed by atoms with Crippen molar-refractivity contribution in [2.75, 3.05) is 24.5 Å². The van der Waals surface area contributed by atoms with E-state index in [2.05, 4.69) is 28.5 Å². The summed E-state index contributed by atoms with van der Waals surface area (Å²) in [6, 6.07) is 13.2. The Bertz CT molecular complexity index is 838. The van der Waals surface area contributed by atoms with Gasteiger partial charge in [-0.05, 0) is 49.6 Å². The van der Waals surface area contributed by atoms with Crippen molar-refractivity contribution in [3.8, 4) is 0 Å². The Morgan fingerprint density at radius 3 is 2.45 bits per heavy atom. The molecule has 5 nitrogen and oxygen atoms in total. The van der Waals surface area contributed by atoms with Crippen LogP contribution in [0.1, 0.15) is 36.7 Å². The van der Waals surface area contributed by atoms with E-state index in [0.717, 1.165) is 12.2 Å². The van der Waals surface area contributed by atoms with E-state index in [1.54, 1.807) is 6.07 Å². The molecule has 0 saturated carbocycles. The molecule has 0 bridgehead atoms.